The van der Waals surface area contributed by atoms with Crippen LogP contribution < -0.4 is 4.74 Å². The van der Waals surface area contributed by atoms with E-state index in [1.54, 1.807) is 12.5 Å². The number of carbonyl (C=O) groups excluding carboxylic acids is 1. The Morgan fingerprint density at radius 3 is 2.89 bits per heavy atom. The number of hydrogen-bond acceptors (Lipinski definition) is 7. The lowest BCUT2D eigenvalue weighted by molar-refractivity contribution is -0.159. The summed E-state index contributed by atoms with van der Waals surface area (Å²) in [4.78, 5) is 12.3. The minimum Gasteiger partial charge on any atom is -0.489 e. The topological polar surface area (TPSA) is 87.4 Å². The van der Waals surface area contributed by atoms with E-state index in [2.05, 4.69) is 0 Å². The van der Waals surface area contributed by atoms with Crippen LogP contribution in [-0.2, 0) is 33.0 Å². The highest BCUT2D eigenvalue weighted by Crippen LogP contribution is 2.42. The molecule has 1 N–H and O–H groups in total. The van der Waals surface area contributed by atoms with Gasteiger partial charge in [-0.1, -0.05) is 24.3 Å². The van der Waals surface area contributed by atoms with Crippen molar-refractivity contribution in [1.29, 1.82) is 0 Å². The van der Waals surface area contributed by atoms with Gasteiger partial charge in [0.25, 0.3) is 0 Å². The Balaban J connectivity index is 1.17. The quantitative estimate of drug-likeness (QED) is 0.396. The molecule has 2 bridgehead atoms. The summed E-state index contributed by atoms with van der Waals surface area (Å²) in [6, 6.07) is 17.5. The summed E-state index contributed by atoms with van der Waals surface area (Å²) in [7, 11) is 0. The predicted octanol–water partition coefficient (Wildman–Crippen LogP) is 5.07. The molecule has 1 aromatic heterocycles. The average Bonchev–Trinajstić information content (AvgIpc) is 3.63. The second kappa shape index (κ2) is 8.20. The lowest BCUT2D eigenvalue weighted by atomic mass is 9.83. The van der Waals surface area contributed by atoms with Crippen molar-refractivity contribution >= 4 is 16.7 Å². The van der Waals surface area contributed by atoms with Gasteiger partial charge in [-0.25, -0.2) is 4.79 Å². The van der Waals surface area contributed by atoms with Crippen LogP contribution in [0.3, 0.4) is 0 Å². The number of esters is 1. The molecule has 0 spiro atoms. The third kappa shape index (κ3) is 3.59. The van der Waals surface area contributed by atoms with Crippen molar-refractivity contribution in [2.75, 3.05) is 6.61 Å². The summed E-state index contributed by atoms with van der Waals surface area (Å²) >= 11 is 0. The summed E-state index contributed by atoms with van der Waals surface area (Å²) < 4.78 is 28.1. The third-order valence-electron chi connectivity index (χ3n) is 7.35. The fourth-order valence-electron chi connectivity index (χ4n) is 5.61. The first kappa shape index (κ1) is 21.6. The monoisotopic (exact) mass is 484 g/mol. The van der Waals surface area contributed by atoms with E-state index in [0.29, 0.717) is 37.4 Å². The molecular weight excluding hydrogens is 460 g/mol. The number of benzene rings is 3. The number of carbonyl (C=O) groups is 1. The van der Waals surface area contributed by atoms with Crippen LogP contribution >= 0.6 is 0 Å². The molecule has 7 nitrogen and oxygen atoms in total. The van der Waals surface area contributed by atoms with Crippen LogP contribution in [0, 0.1) is 0 Å². The standard InChI is InChI=1S/C29H24O7/c30-28-24-10-19-9-21(4-5-23(19)27(25(24)16-35-28)18-6-7-32-14-18)33-13-17-2-1-3-20(8-17)29(31)11-22-15-34-26(12-29)36-22/h1-10,14,22,26,31H,11-13,15-16H2/t22-,26+,29-/m0/s1. The first-order valence-electron chi connectivity index (χ1n) is 12.1. The van der Waals surface area contributed by atoms with Crippen LogP contribution in [-0.4, -0.2) is 30.1 Å². The number of hydrogen-bond donors (Lipinski definition) is 1. The number of aliphatic hydroxyl groups is 1. The molecule has 2 fully saturated rings. The molecule has 7 heteroatoms. The van der Waals surface area contributed by atoms with E-state index in [4.69, 9.17) is 23.4 Å². The van der Waals surface area contributed by atoms with Gasteiger partial charge < -0.3 is 28.5 Å². The third-order valence-corrected chi connectivity index (χ3v) is 7.35. The summed E-state index contributed by atoms with van der Waals surface area (Å²) in [5.41, 5.74) is 4.15. The Hall–Kier alpha value is -3.65. The van der Waals surface area contributed by atoms with Gasteiger partial charge in [0, 0.05) is 29.5 Å². The highest BCUT2D eigenvalue weighted by Gasteiger charge is 2.45. The normalized spacial score (nSPS) is 24.6. The van der Waals surface area contributed by atoms with E-state index in [0.717, 1.165) is 38.6 Å². The smallest absolute Gasteiger partial charge is 0.338 e. The van der Waals surface area contributed by atoms with Gasteiger partial charge in [0.1, 0.15) is 19.0 Å². The van der Waals surface area contributed by atoms with E-state index in [-0.39, 0.29) is 25.0 Å². The number of rotatable bonds is 5. The molecule has 3 aliphatic heterocycles. The minimum absolute atomic E-state index is 0.0723. The number of fused-ring (bicyclic) bond motifs is 4. The summed E-state index contributed by atoms with van der Waals surface area (Å²) in [6.45, 7) is 1.13. The van der Waals surface area contributed by atoms with Gasteiger partial charge in [-0.3, -0.25) is 0 Å². The molecule has 4 heterocycles. The Labute approximate surface area is 207 Å². The molecule has 0 saturated carbocycles. The summed E-state index contributed by atoms with van der Waals surface area (Å²) in [5, 5.41) is 13.2. The molecule has 182 valence electrons. The maximum absolute atomic E-state index is 12.3. The fraction of sp³-hybridized carbons (Fsp3) is 0.276. The van der Waals surface area contributed by atoms with E-state index in [1.807, 2.05) is 54.6 Å². The summed E-state index contributed by atoms with van der Waals surface area (Å²) in [6.07, 6.45) is 3.82. The summed E-state index contributed by atoms with van der Waals surface area (Å²) in [5.74, 6) is 0.373. The molecule has 0 aliphatic carbocycles. The average molecular weight is 485 g/mol. The molecule has 3 aliphatic rings. The zero-order chi connectivity index (χ0) is 24.3. The van der Waals surface area contributed by atoms with Crippen molar-refractivity contribution in [3.05, 3.63) is 89.4 Å². The minimum atomic E-state index is -0.971. The Morgan fingerprint density at radius 1 is 1.08 bits per heavy atom. The zero-order valence-electron chi connectivity index (χ0n) is 19.4. The van der Waals surface area contributed by atoms with E-state index < -0.39 is 5.60 Å². The second-order valence-corrected chi connectivity index (χ2v) is 9.70. The molecule has 0 amide bonds. The molecule has 3 aromatic carbocycles. The first-order valence-corrected chi connectivity index (χ1v) is 12.1. The molecule has 4 aromatic rings. The molecule has 36 heavy (non-hydrogen) atoms. The number of cyclic esters (lactones) is 1. The molecule has 7 rings (SSSR count). The van der Waals surface area contributed by atoms with E-state index in [1.165, 1.54) is 0 Å². The van der Waals surface area contributed by atoms with Crippen LogP contribution in [0.25, 0.3) is 21.9 Å². The zero-order valence-corrected chi connectivity index (χ0v) is 19.4. The molecule has 0 radical (unpaired) electrons. The van der Waals surface area contributed by atoms with Crippen molar-refractivity contribution in [3.8, 4) is 16.9 Å². The van der Waals surface area contributed by atoms with Gasteiger partial charge in [-0.15, -0.1) is 0 Å². The predicted molar refractivity (Wildman–Crippen MR) is 129 cm³/mol. The highest BCUT2D eigenvalue weighted by molar-refractivity contribution is 6.07. The van der Waals surface area contributed by atoms with Crippen LogP contribution in [0.15, 0.2) is 71.5 Å². The van der Waals surface area contributed by atoms with E-state index >= 15 is 0 Å². The van der Waals surface area contributed by atoms with Crippen molar-refractivity contribution in [2.24, 2.45) is 0 Å². The molecule has 2 saturated heterocycles. The van der Waals surface area contributed by atoms with Crippen molar-refractivity contribution < 1.29 is 33.3 Å². The lowest BCUT2D eigenvalue weighted by Gasteiger charge is -2.35. The van der Waals surface area contributed by atoms with Crippen molar-refractivity contribution in [1.82, 2.24) is 0 Å². The number of ether oxygens (including phenoxy) is 4. The van der Waals surface area contributed by atoms with Gasteiger partial charge >= 0.3 is 5.97 Å². The van der Waals surface area contributed by atoms with Gasteiger partial charge in [0.2, 0.25) is 0 Å². The van der Waals surface area contributed by atoms with Crippen LogP contribution in [0.1, 0.15) is 39.9 Å². The first-order chi connectivity index (χ1) is 17.6. The van der Waals surface area contributed by atoms with Crippen LogP contribution in [0.4, 0.5) is 0 Å². The van der Waals surface area contributed by atoms with Gasteiger partial charge in [-0.2, -0.15) is 0 Å². The maximum atomic E-state index is 12.3. The highest BCUT2D eigenvalue weighted by atomic mass is 16.7. The van der Waals surface area contributed by atoms with Crippen LogP contribution in [0.5, 0.6) is 5.75 Å². The largest absolute Gasteiger partial charge is 0.489 e. The lowest BCUT2D eigenvalue weighted by Crippen LogP contribution is -2.39. The fourth-order valence-corrected chi connectivity index (χ4v) is 5.61. The maximum Gasteiger partial charge on any atom is 0.338 e. The molecule has 0 unspecified atom stereocenters. The number of furan rings is 1. The second-order valence-electron chi connectivity index (χ2n) is 9.70. The van der Waals surface area contributed by atoms with Crippen molar-refractivity contribution in [2.45, 2.75) is 44.1 Å². The Kier molecular flexibility index (Phi) is 4.92. The van der Waals surface area contributed by atoms with E-state index in [9.17, 15) is 9.90 Å². The Bertz CT molecular complexity index is 1460. The van der Waals surface area contributed by atoms with Crippen LogP contribution in [0.2, 0.25) is 0 Å². The van der Waals surface area contributed by atoms with Crippen molar-refractivity contribution in [3.63, 3.8) is 0 Å². The van der Waals surface area contributed by atoms with Gasteiger partial charge in [-0.05, 0) is 52.2 Å². The van der Waals surface area contributed by atoms with Gasteiger partial charge in [0.05, 0.1) is 36.4 Å². The Morgan fingerprint density at radius 2 is 2.03 bits per heavy atom. The molecular formula is C29H24O7. The van der Waals surface area contributed by atoms with Gasteiger partial charge in [0.15, 0.2) is 6.29 Å². The molecule has 3 atom stereocenters. The SMILES string of the molecule is O=C1OCc2c1cc1cc(OCc3cccc([C@]4(O)C[C@H]5CO[C@@H](C4)O5)c3)ccc1c2-c1ccoc1.